The Morgan fingerprint density at radius 1 is 1.20 bits per heavy atom. The fourth-order valence-corrected chi connectivity index (χ4v) is 4.68. The second-order valence-electron chi connectivity index (χ2n) is 9.21. The van der Waals surface area contributed by atoms with Crippen LogP contribution in [0.3, 0.4) is 0 Å². The summed E-state index contributed by atoms with van der Waals surface area (Å²) in [5.74, 6) is -3.02. The van der Waals surface area contributed by atoms with Gasteiger partial charge in [-0.3, -0.25) is 14.6 Å². The van der Waals surface area contributed by atoms with Gasteiger partial charge in [0.15, 0.2) is 11.5 Å². The summed E-state index contributed by atoms with van der Waals surface area (Å²) in [5.41, 5.74) is -0.450. The highest BCUT2D eigenvalue weighted by molar-refractivity contribution is 6.08. The molecule has 1 aliphatic heterocycles. The lowest BCUT2D eigenvalue weighted by Gasteiger charge is -2.33. The molecule has 0 aliphatic carbocycles. The van der Waals surface area contributed by atoms with E-state index in [0.717, 1.165) is 10.9 Å². The Morgan fingerprint density at radius 2 is 1.82 bits per heavy atom. The summed E-state index contributed by atoms with van der Waals surface area (Å²) < 4.78 is 62.5. The van der Waals surface area contributed by atoms with Crippen LogP contribution in [0.2, 0.25) is 0 Å². The number of nitrogens with zero attached hydrogens (tertiary/aromatic N) is 6. The molecule has 40 heavy (non-hydrogen) atoms. The number of nitrogens with one attached hydrogen (secondary N) is 2. The summed E-state index contributed by atoms with van der Waals surface area (Å²) in [5, 5.41) is 32.5. The van der Waals surface area contributed by atoms with Crippen LogP contribution in [-0.4, -0.2) is 51.5 Å². The molecule has 0 saturated carbocycles. The van der Waals surface area contributed by atoms with Crippen LogP contribution in [0.1, 0.15) is 46.9 Å². The van der Waals surface area contributed by atoms with Gasteiger partial charge in [-0.15, -0.1) is 0 Å². The number of aryl methyl sites for hydroxylation is 1. The van der Waals surface area contributed by atoms with Gasteiger partial charge in [0.1, 0.15) is 5.82 Å². The number of aromatic amines is 1. The lowest BCUT2D eigenvalue weighted by Crippen LogP contribution is -2.26. The number of halogens is 4. The summed E-state index contributed by atoms with van der Waals surface area (Å²) in [6.07, 6.45) is -3.95. The minimum absolute atomic E-state index is 0.00911. The maximum absolute atomic E-state index is 15.8. The molecule has 1 amide bonds. The molecule has 14 heteroatoms. The monoisotopic (exact) mass is 556 g/mol. The number of fused-ring (bicyclic) bond motifs is 1. The summed E-state index contributed by atoms with van der Waals surface area (Å²) in [4.78, 5) is 14.7. The summed E-state index contributed by atoms with van der Waals surface area (Å²) in [6.45, 7) is 4.87. The number of ether oxygens (including phenoxy) is 1. The SMILES string of the molecule is COCCn1cc(C(=O)Nc2n[nH]c3c(C)c(F)c(C4C(C#N)=C(C)N(C)C(C)=C4C#N)cc23)c(C(F)(F)F)n1. The summed E-state index contributed by atoms with van der Waals surface area (Å²) >= 11 is 0. The maximum atomic E-state index is 15.8. The van der Waals surface area contributed by atoms with Crippen molar-refractivity contribution < 1.29 is 27.1 Å². The number of allylic oxidation sites excluding steroid dienone is 4. The molecule has 208 valence electrons. The van der Waals surface area contributed by atoms with E-state index in [-0.39, 0.29) is 52.1 Å². The van der Waals surface area contributed by atoms with E-state index in [1.807, 2.05) is 0 Å². The first-order valence-electron chi connectivity index (χ1n) is 11.9. The number of H-pyrrole nitrogens is 1. The first-order chi connectivity index (χ1) is 18.8. The Kier molecular flexibility index (Phi) is 7.41. The molecule has 0 spiro atoms. The number of nitriles is 2. The number of aromatic nitrogens is 4. The van der Waals surface area contributed by atoms with E-state index in [2.05, 4.69) is 32.8 Å². The van der Waals surface area contributed by atoms with Crippen LogP contribution < -0.4 is 5.32 Å². The molecular weight excluding hydrogens is 532 g/mol. The Bertz CT molecular complexity index is 1630. The van der Waals surface area contributed by atoms with E-state index in [1.165, 1.54) is 20.1 Å². The van der Waals surface area contributed by atoms with Gasteiger partial charge in [-0.05, 0) is 26.8 Å². The smallest absolute Gasteiger partial charge is 0.383 e. The Morgan fingerprint density at radius 3 is 2.38 bits per heavy atom. The molecule has 3 heterocycles. The number of methoxy groups -OCH3 is 1. The first-order valence-corrected chi connectivity index (χ1v) is 11.9. The Balaban J connectivity index is 1.83. The molecule has 4 rings (SSSR count). The molecule has 1 aliphatic rings. The van der Waals surface area contributed by atoms with Crippen LogP contribution in [0.5, 0.6) is 0 Å². The fraction of sp³-hybridized carbons (Fsp3) is 0.346. The van der Waals surface area contributed by atoms with Crippen LogP contribution >= 0.6 is 0 Å². The van der Waals surface area contributed by atoms with Crippen molar-refractivity contribution in [1.29, 1.82) is 10.5 Å². The molecule has 0 unspecified atom stereocenters. The normalized spacial score (nSPS) is 14.6. The third kappa shape index (κ3) is 4.67. The highest BCUT2D eigenvalue weighted by atomic mass is 19.4. The van der Waals surface area contributed by atoms with Crippen molar-refractivity contribution in [3.05, 3.63) is 63.0 Å². The van der Waals surface area contributed by atoms with Crippen LogP contribution in [0.4, 0.5) is 23.4 Å². The number of carbonyl (C=O) groups is 1. The lowest BCUT2D eigenvalue weighted by molar-refractivity contribution is -0.141. The van der Waals surface area contributed by atoms with Gasteiger partial charge in [0.05, 0.1) is 53.4 Å². The van der Waals surface area contributed by atoms with E-state index < -0.39 is 35.1 Å². The third-order valence-electron chi connectivity index (χ3n) is 7.01. The number of hydrogen-bond acceptors (Lipinski definition) is 7. The maximum Gasteiger partial charge on any atom is 0.435 e. The average molecular weight is 557 g/mol. The minimum Gasteiger partial charge on any atom is -0.383 e. The molecule has 0 fully saturated rings. The molecular formula is C26H24F4N8O2. The van der Waals surface area contributed by atoms with Crippen molar-refractivity contribution in [2.45, 2.75) is 39.4 Å². The number of hydrogen-bond donors (Lipinski definition) is 2. The molecule has 0 saturated heterocycles. The standard InChI is InChI=1S/C26H24F4N8O2/c1-12-21(27)15(20-17(9-31)13(2)37(4)14(3)18(20)10-32)8-16-22(12)34-35-24(16)33-25(39)19-11-38(6-7-40-5)36-23(19)26(28,29)30/h8,11,20H,6-7H2,1-5H3,(H2,33,34,35,39). The van der Waals surface area contributed by atoms with Crippen molar-refractivity contribution in [2.24, 2.45) is 0 Å². The third-order valence-corrected chi connectivity index (χ3v) is 7.01. The van der Waals surface area contributed by atoms with Crippen molar-refractivity contribution in [2.75, 3.05) is 26.1 Å². The fourth-order valence-electron chi connectivity index (χ4n) is 4.68. The van der Waals surface area contributed by atoms with Crippen LogP contribution in [0, 0.1) is 35.4 Å². The highest BCUT2D eigenvalue weighted by Gasteiger charge is 2.40. The minimum atomic E-state index is -4.91. The molecule has 0 atom stereocenters. The molecule has 0 radical (unpaired) electrons. The molecule has 10 nitrogen and oxygen atoms in total. The zero-order valence-electron chi connectivity index (χ0n) is 22.2. The van der Waals surface area contributed by atoms with Crippen LogP contribution in [0.25, 0.3) is 10.9 Å². The van der Waals surface area contributed by atoms with Crippen molar-refractivity contribution in [3.63, 3.8) is 0 Å². The molecule has 1 aromatic carbocycles. The van der Waals surface area contributed by atoms with E-state index >= 15 is 4.39 Å². The van der Waals surface area contributed by atoms with Gasteiger partial charge in [-0.1, -0.05) is 0 Å². The van der Waals surface area contributed by atoms with Crippen molar-refractivity contribution in [3.8, 4) is 12.1 Å². The van der Waals surface area contributed by atoms with Gasteiger partial charge in [-0.25, -0.2) is 4.39 Å². The van der Waals surface area contributed by atoms with E-state index in [9.17, 15) is 28.5 Å². The van der Waals surface area contributed by atoms with E-state index in [0.29, 0.717) is 11.4 Å². The molecule has 2 N–H and O–H groups in total. The number of carbonyl (C=O) groups excluding carboxylic acids is 1. The summed E-state index contributed by atoms with van der Waals surface area (Å²) in [6, 6.07) is 5.50. The summed E-state index contributed by atoms with van der Waals surface area (Å²) in [7, 11) is 3.07. The first kappa shape index (κ1) is 28.3. The largest absolute Gasteiger partial charge is 0.435 e. The van der Waals surface area contributed by atoms with Gasteiger partial charge in [0.2, 0.25) is 0 Å². The van der Waals surface area contributed by atoms with Gasteiger partial charge in [-0.2, -0.15) is 33.9 Å². The number of alkyl halides is 3. The number of benzene rings is 1. The van der Waals surface area contributed by atoms with Crippen LogP contribution in [0.15, 0.2) is 34.8 Å². The predicted molar refractivity (Wildman–Crippen MR) is 135 cm³/mol. The van der Waals surface area contributed by atoms with Gasteiger partial charge in [0.25, 0.3) is 5.91 Å². The van der Waals surface area contributed by atoms with E-state index in [4.69, 9.17) is 4.74 Å². The molecule has 3 aromatic rings. The van der Waals surface area contributed by atoms with Gasteiger partial charge in [0, 0.05) is 48.3 Å². The Hall–Kier alpha value is -4.69. The number of anilines is 1. The Labute approximate surface area is 226 Å². The predicted octanol–water partition coefficient (Wildman–Crippen LogP) is 4.75. The lowest BCUT2D eigenvalue weighted by atomic mass is 9.80. The topological polar surface area (TPSA) is 136 Å². The van der Waals surface area contributed by atoms with Gasteiger partial charge >= 0.3 is 6.18 Å². The second kappa shape index (κ2) is 10.5. The van der Waals surface area contributed by atoms with E-state index in [1.54, 1.807) is 25.8 Å². The van der Waals surface area contributed by atoms with Crippen molar-refractivity contribution in [1.82, 2.24) is 24.9 Å². The van der Waals surface area contributed by atoms with Crippen LogP contribution in [-0.2, 0) is 17.5 Å². The van der Waals surface area contributed by atoms with Crippen molar-refractivity contribution >= 4 is 22.6 Å². The zero-order valence-corrected chi connectivity index (χ0v) is 22.2. The number of rotatable bonds is 6. The molecule has 2 aromatic heterocycles. The molecule has 0 bridgehead atoms. The zero-order chi connectivity index (χ0) is 29.5. The highest BCUT2D eigenvalue weighted by Crippen LogP contribution is 2.43. The second-order valence-corrected chi connectivity index (χ2v) is 9.21. The number of amides is 1. The average Bonchev–Trinajstić information content (AvgIpc) is 3.53. The van der Waals surface area contributed by atoms with Gasteiger partial charge < -0.3 is 15.0 Å². The quantitative estimate of drug-likeness (QED) is 0.418.